The van der Waals surface area contributed by atoms with E-state index in [-0.39, 0.29) is 11.8 Å². The molecular weight excluding hydrogens is 324 g/mol. The van der Waals surface area contributed by atoms with E-state index < -0.39 is 0 Å². The first kappa shape index (κ1) is 16.6. The van der Waals surface area contributed by atoms with Crippen molar-refractivity contribution in [1.82, 2.24) is 10.6 Å². The minimum atomic E-state index is 0.0736. The summed E-state index contributed by atoms with van der Waals surface area (Å²) in [4.78, 5) is 16.3. The molecule has 4 rings (SSSR count). The third-order valence-electron chi connectivity index (χ3n) is 5.32. The van der Waals surface area contributed by atoms with Gasteiger partial charge in [0.2, 0.25) is 5.91 Å². The number of hydrogen-bond donors (Lipinski definition) is 3. The maximum Gasteiger partial charge on any atom is 0.225 e. The van der Waals surface area contributed by atoms with E-state index in [1.165, 1.54) is 16.7 Å². The summed E-state index contributed by atoms with van der Waals surface area (Å²) in [5, 5.41) is 9.76. The summed E-state index contributed by atoms with van der Waals surface area (Å²) in [6.45, 7) is 1.56. The third kappa shape index (κ3) is 3.29. The lowest BCUT2D eigenvalue weighted by Gasteiger charge is -2.31. The number of hydrogen-bond acceptors (Lipinski definition) is 2. The minimum absolute atomic E-state index is 0.0736. The van der Waals surface area contributed by atoms with E-state index in [0.29, 0.717) is 18.9 Å². The summed E-state index contributed by atoms with van der Waals surface area (Å²) in [5.41, 5.74) is 4.99. The fourth-order valence-electron chi connectivity index (χ4n) is 3.89. The van der Waals surface area contributed by atoms with Gasteiger partial charge in [-0.25, -0.2) is 0 Å². The highest BCUT2D eigenvalue weighted by molar-refractivity contribution is 5.94. The molecule has 2 unspecified atom stereocenters. The van der Waals surface area contributed by atoms with Crippen LogP contribution in [0.15, 0.2) is 53.5 Å². The molecule has 134 valence electrons. The number of amides is 1. The first-order valence-electron chi connectivity index (χ1n) is 9.15. The molecule has 2 aromatic carbocycles. The molecule has 0 aromatic heterocycles. The first-order valence-corrected chi connectivity index (χ1v) is 9.15. The van der Waals surface area contributed by atoms with Crippen LogP contribution in [0.4, 0.5) is 5.69 Å². The van der Waals surface area contributed by atoms with Gasteiger partial charge in [-0.05, 0) is 29.2 Å². The average Bonchev–Trinajstić information content (AvgIpc) is 2.64. The Bertz CT molecular complexity index is 845. The molecule has 0 fully saturated rings. The van der Waals surface area contributed by atoms with E-state index in [0.717, 1.165) is 24.6 Å². The van der Waals surface area contributed by atoms with E-state index in [4.69, 9.17) is 0 Å². The quantitative estimate of drug-likeness (QED) is 0.588. The van der Waals surface area contributed by atoms with Crippen molar-refractivity contribution >= 4 is 17.6 Å². The molecule has 0 saturated heterocycles. The van der Waals surface area contributed by atoms with Gasteiger partial charge < -0.3 is 16.0 Å². The van der Waals surface area contributed by atoms with Crippen LogP contribution < -0.4 is 16.0 Å². The average molecular weight is 348 g/mol. The minimum Gasteiger partial charge on any atom is -0.356 e. The molecule has 1 aliphatic heterocycles. The molecule has 0 radical (unpaired) electrons. The number of rotatable bonds is 4. The molecule has 2 aliphatic rings. The smallest absolute Gasteiger partial charge is 0.225 e. The van der Waals surface area contributed by atoms with Gasteiger partial charge in [0, 0.05) is 44.1 Å². The molecule has 2 atom stereocenters. The predicted molar refractivity (Wildman–Crippen MR) is 105 cm³/mol. The second-order valence-corrected chi connectivity index (χ2v) is 6.97. The van der Waals surface area contributed by atoms with Crippen LogP contribution in [0.2, 0.25) is 0 Å². The second-order valence-electron chi connectivity index (χ2n) is 6.97. The molecule has 1 aliphatic carbocycles. The van der Waals surface area contributed by atoms with Gasteiger partial charge in [0.15, 0.2) is 5.96 Å². The van der Waals surface area contributed by atoms with Gasteiger partial charge in [0.25, 0.3) is 0 Å². The Balaban J connectivity index is 1.33. The number of para-hydroxylation sites is 1. The lowest BCUT2D eigenvalue weighted by Crippen LogP contribution is -2.43. The molecule has 5 nitrogen and oxygen atoms in total. The lowest BCUT2D eigenvalue weighted by atomic mass is 9.78. The SMILES string of the molecule is CN=C(NCC1Cc2ccccc21)NCC1CC(=O)Nc2ccccc21. The van der Waals surface area contributed by atoms with Gasteiger partial charge in [0.1, 0.15) is 0 Å². The second kappa shape index (κ2) is 7.20. The number of fused-ring (bicyclic) bond motifs is 2. The van der Waals surface area contributed by atoms with Gasteiger partial charge in [-0.15, -0.1) is 0 Å². The van der Waals surface area contributed by atoms with Crippen LogP contribution in [0.1, 0.15) is 34.9 Å². The van der Waals surface area contributed by atoms with Crippen LogP contribution in [-0.2, 0) is 11.2 Å². The van der Waals surface area contributed by atoms with E-state index >= 15 is 0 Å². The van der Waals surface area contributed by atoms with Gasteiger partial charge >= 0.3 is 0 Å². The highest BCUT2D eigenvalue weighted by Gasteiger charge is 2.26. The molecule has 3 N–H and O–H groups in total. The summed E-state index contributed by atoms with van der Waals surface area (Å²) < 4.78 is 0. The van der Waals surface area contributed by atoms with Crippen LogP contribution in [0, 0.1) is 0 Å². The number of nitrogens with zero attached hydrogens (tertiary/aromatic N) is 1. The topological polar surface area (TPSA) is 65.5 Å². The Morgan fingerprint density at radius 1 is 1.00 bits per heavy atom. The Hall–Kier alpha value is -2.82. The number of guanidine groups is 1. The molecule has 5 heteroatoms. The van der Waals surface area contributed by atoms with E-state index in [1.807, 2.05) is 18.2 Å². The highest BCUT2D eigenvalue weighted by Crippen LogP contribution is 2.34. The monoisotopic (exact) mass is 348 g/mol. The number of anilines is 1. The van der Waals surface area contributed by atoms with E-state index in [2.05, 4.69) is 51.3 Å². The van der Waals surface area contributed by atoms with Gasteiger partial charge in [-0.1, -0.05) is 42.5 Å². The molecule has 2 aromatic rings. The highest BCUT2D eigenvalue weighted by atomic mass is 16.1. The zero-order valence-electron chi connectivity index (χ0n) is 15.0. The molecule has 0 bridgehead atoms. The fraction of sp³-hybridized carbons (Fsp3) is 0.333. The Morgan fingerprint density at radius 2 is 1.65 bits per heavy atom. The Morgan fingerprint density at radius 3 is 2.38 bits per heavy atom. The van der Waals surface area contributed by atoms with Gasteiger partial charge in [-0.2, -0.15) is 0 Å². The summed E-state index contributed by atoms with van der Waals surface area (Å²) in [7, 11) is 1.78. The zero-order chi connectivity index (χ0) is 17.9. The molecule has 0 spiro atoms. The summed E-state index contributed by atoms with van der Waals surface area (Å²) in [5.74, 6) is 1.57. The van der Waals surface area contributed by atoms with Crippen molar-refractivity contribution in [2.45, 2.75) is 24.7 Å². The summed E-state index contributed by atoms with van der Waals surface area (Å²) >= 11 is 0. The molecule has 1 heterocycles. The van der Waals surface area contributed by atoms with Gasteiger partial charge in [-0.3, -0.25) is 9.79 Å². The maximum atomic E-state index is 11.9. The molecule has 0 saturated carbocycles. The fourth-order valence-corrected chi connectivity index (χ4v) is 3.89. The maximum absolute atomic E-state index is 11.9. The number of benzene rings is 2. The van der Waals surface area contributed by atoms with Crippen molar-refractivity contribution in [2.75, 3.05) is 25.5 Å². The molecule has 1 amide bonds. The Labute approximate surface area is 153 Å². The number of nitrogens with one attached hydrogen (secondary N) is 3. The molecular formula is C21H24N4O. The van der Waals surface area contributed by atoms with E-state index in [9.17, 15) is 4.79 Å². The van der Waals surface area contributed by atoms with Crippen molar-refractivity contribution in [1.29, 1.82) is 0 Å². The van der Waals surface area contributed by atoms with Crippen LogP contribution in [0.5, 0.6) is 0 Å². The van der Waals surface area contributed by atoms with Crippen molar-refractivity contribution in [3.63, 3.8) is 0 Å². The van der Waals surface area contributed by atoms with E-state index in [1.54, 1.807) is 7.05 Å². The van der Waals surface area contributed by atoms with Crippen LogP contribution >= 0.6 is 0 Å². The normalized spacial score (nSPS) is 21.1. The summed E-state index contributed by atoms with van der Waals surface area (Å²) in [6, 6.07) is 16.6. The van der Waals surface area contributed by atoms with Crippen molar-refractivity contribution in [3.8, 4) is 0 Å². The number of carbonyl (C=O) groups is 1. The van der Waals surface area contributed by atoms with Crippen LogP contribution in [-0.4, -0.2) is 32.0 Å². The molecule has 26 heavy (non-hydrogen) atoms. The number of aliphatic imine (C=N–C) groups is 1. The standard InChI is InChI=1S/C21H24N4O/c1-22-21(23-12-15-10-14-6-2-3-7-17(14)15)24-13-16-11-20(26)25-19-9-5-4-8-18(16)19/h2-9,15-16H,10-13H2,1H3,(H,25,26)(H2,22,23,24). The number of carbonyl (C=O) groups excluding carboxylic acids is 1. The first-order chi connectivity index (χ1) is 12.7. The van der Waals surface area contributed by atoms with Crippen molar-refractivity contribution in [2.24, 2.45) is 4.99 Å². The lowest BCUT2D eigenvalue weighted by molar-refractivity contribution is -0.116. The van der Waals surface area contributed by atoms with Crippen molar-refractivity contribution < 1.29 is 4.79 Å². The largest absolute Gasteiger partial charge is 0.356 e. The summed E-state index contributed by atoms with van der Waals surface area (Å²) in [6.07, 6.45) is 1.62. The Kier molecular flexibility index (Phi) is 4.61. The predicted octanol–water partition coefficient (Wildman–Crippen LogP) is 2.62. The van der Waals surface area contributed by atoms with Crippen molar-refractivity contribution in [3.05, 3.63) is 65.2 Å². The van der Waals surface area contributed by atoms with Gasteiger partial charge in [0.05, 0.1) is 0 Å². The van der Waals surface area contributed by atoms with Crippen LogP contribution in [0.25, 0.3) is 0 Å². The van der Waals surface area contributed by atoms with Crippen LogP contribution in [0.3, 0.4) is 0 Å². The third-order valence-corrected chi connectivity index (χ3v) is 5.32. The zero-order valence-corrected chi connectivity index (χ0v) is 15.0.